The van der Waals surface area contributed by atoms with Crippen LogP contribution in [0.2, 0.25) is 0 Å². The standard InChI is InChI=1S/C14H19N3O3S/c1-9-4-2-3-5-17(9)14(19)11-8-21-13(16-11)12(18)15-10-6-20-7-10/h8-10H,2-7H2,1H3,(H,15,18). The van der Waals surface area contributed by atoms with Crippen LogP contribution in [-0.2, 0) is 4.74 Å². The van der Waals surface area contributed by atoms with Gasteiger partial charge in [-0.2, -0.15) is 0 Å². The molecule has 114 valence electrons. The fourth-order valence-corrected chi connectivity index (χ4v) is 3.28. The fourth-order valence-electron chi connectivity index (χ4n) is 2.59. The van der Waals surface area contributed by atoms with Crippen molar-refractivity contribution in [3.63, 3.8) is 0 Å². The van der Waals surface area contributed by atoms with Gasteiger partial charge in [-0.15, -0.1) is 11.3 Å². The summed E-state index contributed by atoms with van der Waals surface area (Å²) in [6.07, 6.45) is 3.24. The number of aromatic nitrogens is 1. The Morgan fingerprint density at radius 2 is 2.24 bits per heavy atom. The number of nitrogens with zero attached hydrogens (tertiary/aromatic N) is 2. The van der Waals surface area contributed by atoms with E-state index in [0.717, 1.165) is 19.4 Å². The minimum absolute atomic E-state index is 0.0653. The topological polar surface area (TPSA) is 71.5 Å². The first-order chi connectivity index (χ1) is 10.1. The van der Waals surface area contributed by atoms with E-state index in [1.807, 2.05) is 4.90 Å². The minimum atomic E-state index is -0.223. The molecule has 2 aliphatic rings. The van der Waals surface area contributed by atoms with E-state index in [0.29, 0.717) is 23.9 Å². The lowest BCUT2D eigenvalue weighted by Gasteiger charge is -2.32. The molecule has 2 fully saturated rings. The van der Waals surface area contributed by atoms with Gasteiger partial charge in [0.05, 0.1) is 19.3 Å². The van der Waals surface area contributed by atoms with Crippen LogP contribution in [-0.4, -0.2) is 53.5 Å². The molecule has 1 unspecified atom stereocenters. The Hall–Kier alpha value is -1.47. The first-order valence-electron chi connectivity index (χ1n) is 7.30. The zero-order valence-corrected chi connectivity index (χ0v) is 12.8. The van der Waals surface area contributed by atoms with E-state index in [4.69, 9.17) is 4.74 Å². The minimum Gasteiger partial charge on any atom is -0.377 e. The third kappa shape index (κ3) is 3.08. The number of thiazole rings is 1. The molecule has 1 aromatic rings. The summed E-state index contributed by atoms with van der Waals surface area (Å²) in [6.45, 7) is 3.94. The predicted octanol–water partition coefficient (Wildman–Crippen LogP) is 1.29. The van der Waals surface area contributed by atoms with Gasteiger partial charge in [-0.25, -0.2) is 4.98 Å². The fraction of sp³-hybridized carbons (Fsp3) is 0.643. The molecule has 6 nitrogen and oxygen atoms in total. The first-order valence-corrected chi connectivity index (χ1v) is 8.18. The van der Waals surface area contributed by atoms with Crippen LogP contribution in [0.25, 0.3) is 0 Å². The highest BCUT2D eigenvalue weighted by molar-refractivity contribution is 7.11. The molecule has 2 amide bonds. The van der Waals surface area contributed by atoms with Crippen molar-refractivity contribution in [1.82, 2.24) is 15.2 Å². The summed E-state index contributed by atoms with van der Waals surface area (Å²) in [6, 6.07) is 0.319. The highest BCUT2D eigenvalue weighted by Gasteiger charge is 2.27. The first kappa shape index (κ1) is 14.5. The second-order valence-electron chi connectivity index (χ2n) is 5.59. The Kier molecular flexibility index (Phi) is 4.21. The summed E-state index contributed by atoms with van der Waals surface area (Å²) in [5.41, 5.74) is 0.378. The Balaban J connectivity index is 1.65. The zero-order chi connectivity index (χ0) is 14.8. The molecule has 1 aromatic heterocycles. The van der Waals surface area contributed by atoms with E-state index < -0.39 is 0 Å². The zero-order valence-electron chi connectivity index (χ0n) is 12.0. The highest BCUT2D eigenvalue weighted by Crippen LogP contribution is 2.20. The molecule has 3 rings (SSSR count). The number of rotatable bonds is 3. The number of ether oxygens (including phenoxy) is 1. The van der Waals surface area contributed by atoms with Gasteiger partial charge in [-0.1, -0.05) is 0 Å². The van der Waals surface area contributed by atoms with Crippen LogP contribution in [0.15, 0.2) is 5.38 Å². The van der Waals surface area contributed by atoms with Gasteiger partial charge in [-0.05, 0) is 26.2 Å². The lowest BCUT2D eigenvalue weighted by molar-refractivity contribution is -0.00346. The number of carbonyl (C=O) groups is 2. The molecule has 0 spiro atoms. The Morgan fingerprint density at radius 3 is 2.90 bits per heavy atom. The third-order valence-corrected chi connectivity index (χ3v) is 4.80. The summed E-state index contributed by atoms with van der Waals surface area (Å²) < 4.78 is 5.01. The van der Waals surface area contributed by atoms with Crippen molar-refractivity contribution in [3.8, 4) is 0 Å². The van der Waals surface area contributed by atoms with Crippen molar-refractivity contribution in [2.75, 3.05) is 19.8 Å². The molecule has 0 bridgehead atoms. The van der Waals surface area contributed by atoms with Gasteiger partial charge in [0.15, 0.2) is 5.01 Å². The van der Waals surface area contributed by atoms with Gasteiger partial charge < -0.3 is 15.0 Å². The van der Waals surface area contributed by atoms with Crippen LogP contribution in [0, 0.1) is 0 Å². The van der Waals surface area contributed by atoms with Crippen molar-refractivity contribution in [2.24, 2.45) is 0 Å². The van der Waals surface area contributed by atoms with Gasteiger partial charge in [0.2, 0.25) is 0 Å². The predicted molar refractivity (Wildman–Crippen MR) is 78.5 cm³/mol. The van der Waals surface area contributed by atoms with Gasteiger partial charge in [-0.3, -0.25) is 9.59 Å². The van der Waals surface area contributed by atoms with Crippen LogP contribution >= 0.6 is 11.3 Å². The number of hydrogen-bond acceptors (Lipinski definition) is 5. The Labute approximate surface area is 127 Å². The van der Waals surface area contributed by atoms with Crippen LogP contribution in [0.5, 0.6) is 0 Å². The van der Waals surface area contributed by atoms with Crippen molar-refractivity contribution in [3.05, 3.63) is 16.1 Å². The van der Waals surface area contributed by atoms with E-state index >= 15 is 0 Å². The SMILES string of the molecule is CC1CCCCN1C(=O)c1csc(C(=O)NC2COC2)n1. The number of carbonyl (C=O) groups excluding carboxylic acids is 2. The van der Waals surface area contributed by atoms with E-state index in [2.05, 4.69) is 17.2 Å². The van der Waals surface area contributed by atoms with Gasteiger partial charge in [0.1, 0.15) is 5.69 Å². The van der Waals surface area contributed by atoms with Crippen molar-refractivity contribution in [2.45, 2.75) is 38.3 Å². The molecule has 0 aliphatic carbocycles. The molecule has 7 heteroatoms. The summed E-state index contributed by atoms with van der Waals surface area (Å²) >= 11 is 1.22. The number of piperidine rings is 1. The Morgan fingerprint density at radius 1 is 1.43 bits per heavy atom. The van der Waals surface area contributed by atoms with Gasteiger partial charge in [0.25, 0.3) is 11.8 Å². The molecule has 2 saturated heterocycles. The van der Waals surface area contributed by atoms with Gasteiger partial charge in [0, 0.05) is 18.0 Å². The average Bonchev–Trinajstić information content (AvgIpc) is 2.92. The molecule has 2 aliphatic heterocycles. The number of likely N-dealkylation sites (tertiary alicyclic amines) is 1. The highest BCUT2D eigenvalue weighted by atomic mass is 32.1. The molecule has 1 atom stereocenters. The number of amides is 2. The van der Waals surface area contributed by atoms with E-state index in [9.17, 15) is 9.59 Å². The maximum atomic E-state index is 12.5. The van der Waals surface area contributed by atoms with Crippen LogP contribution in [0.1, 0.15) is 46.5 Å². The smallest absolute Gasteiger partial charge is 0.280 e. The molecular weight excluding hydrogens is 290 g/mol. The second-order valence-corrected chi connectivity index (χ2v) is 6.45. The molecule has 21 heavy (non-hydrogen) atoms. The van der Waals surface area contributed by atoms with E-state index in [1.165, 1.54) is 17.8 Å². The largest absolute Gasteiger partial charge is 0.377 e. The maximum Gasteiger partial charge on any atom is 0.280 e. The van der Waals surface area contributed by atoms with Crippen LogP contribution in [0.3, 0.4) is 0 Å². The van der Waals surface area contributed by atoms with Crippen molar-refractivity contribution in [1.29, 1.82) is 0 Å². The molecule has 1 N–H and O–H groups in total. The van der Waals surface area contributed by atoms with E-state index in [1.54, 1.807) is 5.38 Å². The Bertz CT molecular complexity index is 541. The summed E-state index contributed by atoms with van der Waals surface area (Å²) in [7, 11) is 0. The summed E-state index contributed by atoms with van der Waals surface area (Å²) in [5, 5.41) is 4.85. The normalized spacial score (nSPS) is 22.7. The monoisotopic (exact) mass is 309 g/mol. The number of hydrogen-bond donors (Lipinski definition) is 1. The van der Waals surface area contributed by atoms with Crippen molar-refractivity contribution < 1.29 is 14.3 Å². The molecular formula is C14H19N3O3S. The van der Waals surface area contributed by atoms with Crippen LogP contribution < -0.4 is 5.32 Å². The van der Waals surface area contributed by atoms with Crippen molar-refractivity contribution >= 4 is 23.2 Å². The molecule has 0 saturated carbocycles. The average molecular weight is 309 g/mol. The van der Waals surface area contributed by atoms with E-state index in [-0.39, 0.29) is 23.9 Å². The van der Waals surface area contributed by atoms with Gasteiger partial charge >= 0.3 is 0 Å². The molecule has 0 radical (unpaired) electrons. The quantitative estimate of drug-likeness (QED) is 0.913. The number of nitrogens with one attached hydrogen (secondary N) is 1. The maximum absolute atomic E-state index is 12.5. The lowest BCUT2D eigenvalue weighted by atomic mass is 10.0. The van der Waals surface area contributed by atoms with Crippen LogP contribution in [0.4, 0.5) is 0 Å². The summed E-state index contributed by atoms with van der Waals surface area (Å²) in [4.78, 5) is 30.5. The summed E-state index contributed by atoms with van der Waals surface area (Å²) in [5.74, 6) is -0.288. The third-order valence-electron chi connectivity index (χ3n) is 3.95. The molecule has 3 heterocycles. The molecule has 0 aromatic carbocycles. The second kappa shape index (κ2) is 6.11. The lowest BCUT2D eigenvalue weighted by Crippen LogP contribution is -2.48.